The van der Waals surface area contributed by atoms with Crippen LogP contribution in [0.25, 0.3) is 10.6 Å². The van der Waals surface area contributed by atoms with E-state index in [0.717, 1.165) is 21.8 Å². The molecule has 0 fully saturated rings. The van der Waals surface area contributed by atoms with Crippen molar-refractivity contribution < 1.29 is 4.79 Å². The second kappa shape index (κ2) is 6.75. The first-order valence-electron chi connectivity index (χ1n) is 7.54. The Bertz CT molecular complexity index is 797. The highest BCUT2D eigenvalue weighted by Crippen LogP contribution is 2.28. The molecule has 1 unspecified atom stereocenters. The summed E-state index contributed by atoms with van der Waals surface area (Å²) in [5.41, 5.74) is 2.90. The summed E-state index contributed by atoms with van der Waals surface area (Å²) in [6.07, 6.45) is 0. The number of nitrogens with zero attached hydrogens (tertiary/aromatic N) is 1. The maximum Gasteiger partial charge on any atom is 0.263 e. The zero-order valence-electron chi connectivity index (χ0n) is 13.1. The van der Waals surface area contributed by atoms with Crippen molar-refractivity contribution in [1.29, 1.82) is 0 Å². The van der Waals surface area contributed by atoms with Gasteiger partial charge in [0.15, 0.2) is 0 Å². The molecule has 3 rings (SSSR count). The first-order valence-corrected chi connectivity index (χ1v) is 8.35. The average Bonchev–Trinajstić information content (AvgIpc) is 2.98. The first kappa shape index (κ1) is 15.4. The molecule has 1 amide bonds. The van der Waals surface area contributed by atoms with E-state index in [4.69, 9.17) is 0 Å². The lowest BCUT2D eigenvalue weighted by molar-refractivity contribution is 0.0943. The molecule has 0 bridgehead atoms. The summed E-state index contributed by atoms with van der Waals surface area (Å²) in [6.45, 7) is 3.87. The largest absolute Gasteiger partial charge is 0.345 e. The molecule has 1 heterocycles. The molecular formula is C19H18N2OS. The second-order valence-electron chi connectivity index (χ2n) is 5.41. The SMILES string of the molecule is Cc1nc(-c2ccccc2)sc1C(=O)NC(C)c1ccccc1. The van der Waals surface area contributed by atoms with Gasteiger partial charge in [-0.1, -0.05) is 60.7 Å². The highest BCUT2D eigenvalue weighted by Gasteiger charge is 2.18. The molecule has 0 aliphatic carbocycles. The average molecular weight is 322 g/mol. The highest BCUT2D eigenvalue weighted by atomic mass is 32.1. The minimum Gasteiger partial charge on any atom is -0.345 e. The zero-order valence-corrected chi connectivity index (χ0v) is 13.9. The van der Waals surface area contributed by atoms with Crippen LogP contribution in [0.15, 0.2) is 60.7 Å². The van der Waals surface area contributed by atoms with Gasteiger partial charge in [0.25, 0.3) is 5.91 Å². The summed E-state index contributed by atoms with van der Waals surface area (Å²) in [4.78, 5) is 17.8. The maximum atomic E-state index is 12.6. The van der Waals surface area contributed by atoms with Crippen LogP contribution >= 0.6 is 11.3 Å². The van der Waals surface area contributed by atoms with Crippen LogP contribution in [0.2, 0.25) is 0 Å². The number of hydrogen-bond donors (Lipinski definition) is 1. The van der Waals surface area contributed by atoms with Crippen LogP contribution in [0.4, 0.5) is 0 Å². The smallest absolute Gasteiger partial charge is 0.263 e. The molecule has 2 aromatic carbocycles. The van der Waals surface area contributed by atoms with Crippen LogP contribution in [-0.4, -0.2) is 10.9 Å². The molecule has 23 heavy (non-hydrogen) atoms. The summed E-state index contributed by atoms with van der Waals surface area (Å²) in [5.74, 6) is -0.0708. The predicted molar refractivity (Wildman–Crippen MR) is 94.6 cm³/mol. The topological polar surface area (TPSA) is 42.0 Å². The molecule has 0 aliphatic heterocycles. The van der Waals surface area contributed by atoms with Crippen LogP contribution in [-0.2, 0) is 0 Å². The van der Waals surface area contributed by atoms with Gasteiger partial charge in [-0.3, -0.25) is 4.79 Å². The van der Waals surface area contributed by atoms with Gasteiger partial charge in [0.2, 0.25) is 0 Å². The van der Waals surface area contributed by atoms with Crippen LogP contribution in [0.1, 0.15) is 33.9 Å². The summed E-state index contributed by atoms with van der Waals surface area (Å²) in [7, 11) is 0. The summed E-state index contributed by atoms with van der Waals surface area (Å²) >= 11 is 1.43. The van der Waals surface area contributed by atoms with E-state index in [1.54, 1.807) is 0 Å². The van der Waals surface area contributed by atoms with Gasteiger partial charge < -0.3 is 5.32 Å². The van der Waals surface area contributed by atoms with Crippen molar-refractivity contribution in [3.05, 3.63) is 76.8 Å². The number of amides is 1. The van der Waals surface area contributed by atoms with E-state index >= 15 is 0 Å². The van der Waals surface area contributed by atoms with E-state index < -0.39 is 0 Å². The Balaban J connectivity index is 1.79. The van der Waals surface area contributed by atoms with Gasteiger partial charge in [0.1, 0.15) is 9.88 Å². The highest BCUT2D eigenvalue weighted by molar-refractivity contribution is 7.17. The Labute approximate surface area is 140 Å². The van der Waals surface area contributed by atoms with Gasteiger partial charge in [-0.15, -0.1) is 11.3 Å². The number of carbonyl (C=O) groups is 1. The molecule has 0 saturated carbocycles. The summed E-state index contributed by atoms with van der Waals surface area (Å²) < 4.78 is 0. The standard InChI is InChI=1S/C19H18N2OS/c1-13(15-9-5-3-6-10-15)20-18(22)17-14(2)21-19(23-17)16-11-7-4-8-12-16/h3-13H,1-2H3,(H,20,22). The van der Waals surface area contributed by atoms with Gasteiger partial charge in [-0.05, 0) is 19.4 Å². The Morgan fingerprint density at radius 2 is 1.65 bits per heavy atom. The minimum absolute atomic E-state index is 0.0367. The number of nitrogens with one attached hydrogen (secondary N) is 1. The fraction of sp³-hybridized carbons (Fsp3) is 0.158. The van der Waals surface area contributed by atoms with E-state index in [0.29, 0.717) is 4.88 Å². The number of benzene rings is 2. The lowest BCUT2D eigenvalue weighted by Crippen LogP contribution is -2.26. The Kier molecular flexibility index (Phi) is 4.53. The Morgan fingerprint density at radius 1 is 1.04 bits per heavy atom. The van der Waals surface area contributed by atoms with Gasteiger partial charge in [0.05, 0.1) is 11.7 Å². The van der Waals surface area contributed by atoms with E-state index in [1.165, 1.54) is 11.3 Å². The molecule has 3 nitrogen and oxygen atoms in total. The van der Waals surface area contributed by atoms with E-state index in [1.807, 2.05) is 74.5 Å². The lowest BCUT2D eigenvalue weighted by atomic mass is 10.1. The quantitative estimate of drug-likeness (QED) is 0.762. The summed E-state index contributed by atoms with van der Waals surface area (Å²) in [5, 5.41) is 3.93. The number of rotatable bonds is 4. The summed E-state index contributed by atoms with van der Waals surface area (Å²) in [6, 6.07) is 19.8. The van der Waals surface area contributed by atoms with Crippen molar-refractivity contribution in [3.8, 4) is 10.6 Å². The van der Waals surface area contributed by atoms with Crippen molar-refractivity contribution in [2.75, 3.05) is 0 Å². The van der Waals surface area contributed by atoms with Crippen molar-refractivity contribution in [1.82, 2.24) is 10.3 Å². The molecule has 1 N–H and O–H groups in total. The van der Waals surface area contributed by atoms with Crippen LogP contribution in [0.3, 0.4) is 0 Å². The number of carbonyl (C=O) groups excluding carboxylic acids is 1. The molecule has 1 aromatic heterocycles. The number of hydrogen-bond acceptors (Lipinski definition) is 3. The molecule has 0 aliphatic rings. The van der Waals surface area contributed by atoms with Gasteiger partial charge >= 0.3 is 0 Å². The zero-order chi connectivity index (χ0) is 16.2. The molecule has 4 heteroatoms. The third-order valence-corrected chi connectivity index (χ3v) is 4.88. The van der Waals surface area contributed by atoms with Crippen LogP contribution < -0.4 is 5.32 Å². The Hall–Kier alpha value is -2.46. The normalized spacial score (nSPS) is 11.9. The Morgan fingerprint density at radius 3 is 2.30 bits per heavy atom. The molecular weight excluding hydrogens is 304 g/mol. The number of thiazole rings is 1. The fourth-order valence-corrected chi connectivity index (χ4v) is 3.37. The van der Waals surface area contributed by atoms with E-state index in [-0.39, 0.29) is 11.9 Å². The third-order valence-electron chi connectivity index (χ3n) is 3.67. The van der Waals surface area contributed by atoms with E-state index in [9.17, 15) is 4.79 Å². The van der Waals surface area contributed by atoms with Crippen LogP contribution in [0, 0.1) is 6.92 Å². The van der Waals surface area contributed by atoms with Crippen molar-refractivity contribution >= 4 is 17.2 Å². The minimum atomic E-state index is -0.0708. The number of aryl methyl sites for hydroxylation is 1. The molecule has 0 saturated heterocycles. The van der Waals surface area contributed by atoms with Gasteiger partial charge in [-0.2, -0.15) is 0 Å². The molecule has 0 spiro atoms. The lowest BCUT2D eigenvalue weighted by Gasteiger charge is -2.13. The molecule has 0 radical (unpaired) electrons. The number of aromatic nitrogens is 1. The van der Waals surface area contributed by atoms with Gasteiger partial charge in [-0.25, -0.2) is 4.98 Å². The van der Waals surface area contributed by atoms with Crippen molar-refractivity contribution in [2.45, 2.75) is 19.9 Å². The second-order valence-corrected chi connectivity index (χ2v) is 6.40. The van der Waals surface area contributed by atoms with E-state index in [2.05, 4.69) is 10.3 Å². The first-order chi connectivity index (χ1) is 11.1. The van der Waals surface area contributed by atoms with Crippen molar-refractivity contribution in [2.24, 2.45) is 0 Å². The van der Waals surface area contributed by atoms with Gasteiger partial charge in [0, 0.05) is 5.56 Å². The molecule has 1 atom stereocenters. The molecule has 116 valence electrons. The fourth-order valence-electron chi connectivity index (χ4n) is 2.40. The molecule has 3 aromatic rings. The third kappa shape index (κ3) is 3.48. The maximum absolute atomic E-state index is 12.6. The van der Waals surface area contributed by atoms with Crippen LogP contribution in [0.5, 0.6) is 0 Å². The van der Waals surface area contributed by atoms with Crippen molar-refractivity contribution in [3.63, 3.8) is 0 Å². The predicted octanol–water partition coefficient (Wildman–Crippen LogP) is 4.61. The monoisotopic (exact) mass is 322 g/mol.